The number of anilines is 1. The van der Waals surface area contributed by atoms with Gasteiger partial charge in [-0.25, -0.2) is 13.1 Å². The molecule has 3 N–H and O–H groups in total. The van der Waals surface area contributed by atoms with Gasteiger partial charge in [0.2, 0.25) is 10.0 Å². The SMILES string of the molecule is C=CC(C)(O)C1COc2c(cn(C)c2C(=O)Nc2ccc(C)c(C(F)(F)F)c2)S(=O)(=O)N1. The summed E-state index contributed by atoms with van der Waals surface area (Å²) in [5, 5.41) is 12.7. The highest BCUT2D eigenvalue weighted by molar-refractivity contribution is 7.89. The molecule has 12 heteroatoms. The highest BCUT2D eigenvalue weighted by atomic mass is 32.2. The van der Waals surface area contributed by atoms with Gasteiger partial charge in [-0.05, 0) is 31.5 Å². The van der Waals surface area contributed by atoms with Crippen molar-refractivity contribution >= 4 is 21.6 Å². The summed E-state index contributed by atoms with van der Waals surface area (Å²) < 4.78 is 74.2. The summed E-state index contributed by atoms with van der Waals surface area (Å²) in [6, 6.07) is 2.23. The van der Waals surface area contributed by atoms with Crippen molar-refractivity contribution in [1.29, 1.82) is 0 Å². The van der Waals surface area contributed by atoms with Gasteiger partial charge in [0.1, 0.15) is 11.5 Å². The molecule has 1 aliphatic rings. The Hall–Kier alpha value is -2.83. The average Bonchev–Trinajstić information content (AvgIpc) is 2.96. The van der Waals surface area contributed by atoms with Crippen LogP contribution in [-0.2, 0) is 23.2 Å². The van der Waals surface area contributed by atoms with Crippen LogP contribution in [0.1, 0.15) is 28.5 Å². The number of carbonyl (C=O) groups excluding carboxylic acids is 1. The number of alkyl halides is 3. The number of hydrogen-bond acceptors (Lipinski definition) is 5. The fourth-order valence-electron chi connectivity index (χ4n) is 3.25. The zero-order valence-corrected chi connectivity index (χ0v) is 18.3. The molecule has 1 amide bonds. The molecule has 1 aromatic heterocycles. The van der Waals surface area contributed by atoms with Gasteiger partial charge in [-0.1, -0.05) is 12.1 Å². The number of carbonyl (C=O) groups is 1. The number of hydrogen-bond donors (Lipinski definition) is 3. The Bertz CT molecular complexity index is 1190. The first-order valence-electron chi connectivity index (χ1n) is 9.37. The third-order valence-corrected chi connectivity index (χ3v) is 6.68. The number of sulfonamides is 1. The number of nitrogens with zero attached hydrogens (tertiary/aromatic N) is 1. The molecule has 2 atom stereocenters. The summed E-state index contributed by atoms with van der Waals surface area (Å²) in [5.74, 6) is -1.14. The average molecular weight is 473 g/mol. The molecule has 0 saturated carbocycles. The molecular formula is C20H22F3N3O5S. The predicted octanol–water partition coefficient (Wildman–Crippen LogP) is 2.58. The summed E-state index contributed by atoms with van der Waals surface area (Å²) in [7, 11) is -2.79. The van der Waals surface area contributed by atoms with Crippen LogP contribution in [0.15, 0.2) is 41.9 Å². The molecule has 32 heavy (non-hydrogen) atoms. The van der Waals surface area contributed by atoms with Gasteiger partial charge in [0, 0.05) is 18.9 Å². The van der Waals surface area contributed by atoms with Gasteiger partial charge < -0.3 is 19.7 Å². The molecule has 0 saturated heterocycles. The van der Waals surface area contributed by atoms with Crippen molar-refractivity contribution in [2.45, 2.75) is 36.6 Å². The Morgan fingerprint density at radius 3 is 2.66 bits per heavy atom. The van der Waals surface area contributed by atoms with E-state index in [1.807, 2.05) is 0 Å². The van der Waals surface area contributed by atoms with Crippen molar-refractivity contribution in [1.82, 2.24) is 9.29 Å². The van der Waals surface area contributed by atoms with Gasteiger partial charge in [-0.3, -0.25) is 4.79 Å². The highest BCUT2D eigenvalue weighted by Gasteiger charge is 2.40. The molecule has 3 rings (SSSR count). The quantitative estimate of drug-likeness (QED) is 0.592. The summed E-state index contributed by atoms with van der Waals surface area (Å²) in [6.45, 7) is 5.79. The van der Waals surface area contributed by atoms with Crippen LogP contribution in [0.4, 0.5) is 18.9 Å². The molecule has 0 aliphatic carbocycles. The van der Waals surface area contributed by atoms with Gasteiger partial charge in [-0.2, -0.15) is 13.2 Å². The zero-order valence-electron chi connectivity index (χ0n) is 17.4. The summed E-state index contributed by atoms with van der Waals surface area (Å²) in [6.07, 6.45) is -2.30. The van der Waals surface area contributed by atoms with Crippen LogP contribution in [-0.4, -0.2) is 42.2 Å². The Morgan fingerprint density at radius 1 is 1.41 bits per heavy atom. The topological polar surface area (TPSA) is 110 Å². The number of rotatable bonds is 4. The van der Waals surface area contributed by atoms with Crippen molar-refractivity contribution < 1.29 is 36.2 Å². The Kier molecular flexibility index (Phi) is 5.91. The van der Waals surface area contributed by atoms with E-state index < -0.39 is 39.3 Å². The fraction of sp³-hybridized carbons (Fsp3) is 0.350. The second-order valence-electron chi connectivity index (χ2n) is 7.68. The first-order valence-corrected chi connectivity index (χ1v) is 10.9. The van der Waals surface area contributed by atoms with E-state index in [4.69, 9.17) is 4.74 Å². The largest absolute Gasteiger partial charge is 0.488 e. The highest BCUT2D eigenvalue weighted by Crippen LogP contribution is 2.36. The van der Waals surface area contributed by atoms with E-state index in [9.17, 15) is 31.5 Å². The fourth-order valence-corrected chi connectivity index (χ4v) is 4.75. The van der Waals surface area contributed by atoms with Crippen molar-refractivity contribution in [3.8, 4) is 5.75 Å². The van der Waals surface area contributed by atoms with E-state index in [2.05, 4.69) is 16.6 Å². The molecule has 0 fully saturated rings. The van der Waals surface area contributed by atoms with Crippen molar-refractivity contribution in [2.24, 2.45) is 7.05 Å². The van der Waals surface area contributed by atoms with E-state index in [0.717, 1.165) is 18.3 Å². The Labute approximate surface area is 182 Å². The minimum atomic E-state index is -4.60. The summed E-state index contributed by atoms with van der Waals surface area (Å²) >= 11 is 0. The second kappa shape index (κ2) is 7.94. The summed E-state index contributed by atoms with van der Waals surface area (Å²) in [4.78, 5) is 12.6. The third kappa shape index (κ3) is 4.38. The molecule has 2 heterocycles. The normalized spacial score (nSPS) is 19.8. The number of nitrogens with one attached hydrogen (secondary N) is 2. The molecule has 2 unspecified atom stereocenters. The van der Waals surface area contributed by atoms with E-state index in [-0.39, 0.29) is 34.2 Å². The lowest BCUT2D eigenvalue weighted by Crippen LogP contribution is -2.51. The first kappa shape index (κ1) is 23.8. The molecule has 174 valence electrons. The second-order valence-corrected chi connectivity index (χ2v) is 9.36. The number of aliphatic hydroxyl groups is 1. The van der Waals surface area contributed by atoms with Crippen LogP contribution in [0, 0.1) is 6.92 Å². The van der Waals surface area contributed by atoms with Gasteiger partial charge in [0.25, 0.3) is 5.91 Å². The van der Waals surface area contributed by atoms with E-state index in [1.54, 1.807) is 0 Å². The first-order chi connectivity index (χ1) is 14.7. The van der Waals surface area contributed by atoms with E-state index in [0.29, 0.717) is 0 Å². The Morgan fingerprint density at radius 2 is 2.06 bits per heavy atom. The number of ether oxygens (including phenoxy) is 1. The van der Waals surface area contributed by atoms with Gasteiger partial charge in [-0.15, -0.1) is 6.58 Å². The van der Waals surface area contributed by atoms with E-state index in [1.165, 1.54) is 37.6 Å². The molecular weight excluding hydrogens is 451 g/mol. The number of benzene rings is 1. The number of halogens is 3. The molecule has 0 spiro atoms. The minimum absolute atomic E-state index is 0.0101. The lowest BCUT2D eigenvalue weighted by molar-refractivity contribution is -0.138. The standard InChI is InChI=1S/C20H22F3N3O5S/c1-5-19(3,28)15-10-31-17-14(32(29,30)25-15)9-26(4)16(17)18(27)24-12-7-6-11(2)13(8-12)20(21,22)23/h5-9,15,25,28H,1,10H2,2-4H3,(H,24,27). The molecule has 0 bridgehead atoms. The smallest absolute Gasteiger partial charge is 0.416 e. The van der Waals surface area contributed by atoms with Crippen LogP contribution >= 0.6 is 0 Å². The lowest BCUT2D eigenvalue weighted by Gasteiger charge is -2.28. The van der Waals surface area contributed by atoms with Crippen LogP contribution in [0.2, 0.25) is 0 Å². The van der Waals surface area contributed by atoms with Crippen LogP contribution in [0.5, 0.6) is 5.75 Å². The number of aromatic nitrogens is 1. The number of fused-ring (bicyclic) bond motifs is 1. The van der Waals surface area contributed by atoms with Crippen LogP contribution < -0.4 is 14.8 Å². The minimum Gasteiger partial charge on any atom is -0.488 e. The van der Waals surface area contributed by atoms with Crippen molar-refractivity contribution in [2.75, 3.05) is 11.9 Å². The predicted molar refractivity (Wildman–Crippen MR) is 110 cm³/mol. The monoisotopic (exact) mass is 473 g/mol. The maximum Gasteiger partial charge on any atom is 0.416 e. The molecule has 1 aliphatic heterocycles. The van der Waals surface area contributed by atoms with Gasteiger partial charge in [0.05, 0.1) is 17.2 Å². The van der Waals surface area contributed by atoms with Gasteiger partial charge in [0.15, 0.2) is 11.4 Å². The zero-order chi connectivity index (χ0) is 24.1. The molecule has 8 nitrogen and oxygen atoms in total. The summed E-state index contributed by atoms with van der Waals surface area (Å²) in [5.41, 5.74) is -2.89. The van der Waals surface area contributed by atoms with E-state index >= 15 is 0 Å². The maximum atomic E-state index is 13.2. The van der Waals surface area contributed by atoms with Crippen LogP contribution in [0.3, 0.4) is 0 Å². The lowest BCUT2D eigenvalue weighted by atomic mass is 9.98. The Balaban J connectivity index is 1.98. The molecule has 0 radical (unpaired) electrons. The van der Waals surface area contributed by atoms with Gasteiger partial charge >= 0.3 is 6.18 Å². The maximum absolute atomic E-state index is 13.2. The number of aryl methyl sites for hydroxylation is 2. The molecule has 2 aromatic rings. The third-order valence-electron chi connectivity index (χ3n) is 5.22. The number of amides is 1. The van der Waals surface area contributed by atoms with Crippen molar-refractivity contribution in [3.05, 3.63) is 53.9 Å². The van der Waals surface area contributed by atoms with Crippen molar-refractivity contribution in [3.63, 3.8) is 0 Å². The van der Waals surface area contributed by atoms with Crippen LogP contribution in [0.25, 0.3) is 0 Å². The molecule has 1 aromatic carbocycles.